The molecule has 0 aromatic carbocycles. The normalized spacial score (nSPS) is 11.5. The van der Waals surface area contributed by atoms with Gasteiger partial charge >= 0.3 is 5.97 Å². The van der Waals surface area contributed by atoms with Gasteiger partial charge in [0.15, 0.2) is 0 Å². The molecule has 94 valence electrons. The number of rotatable bonds is 2. The molecule has 0 aliphatic carbocycles. The van der Waals surface area contributed by atoms with E-state index in [9.17, 15) is 4.79 Å². The van der Waals surface area contributed by atoms with Crippen molar-refractivity contribution in [1.82, 2.24) is 15.2 Å². The lowest BCUT2D eigenvalue weighted by molar-refractivity contribution is 0.0690. The Morgan fingerprint density at radius 2 is 2.00 bits per heavy atom. The molecular formula is C12H13N3O3. The number of nitrogens with zero attached hydrogens (tertiary/aromatic N) is 3. The van der Waals surface area contributed by atoms with Gasteiger partial charge in [0.2, 0.25) is 5.89 Å². The summed E-state index contributed by atoms with van der Waals surface area (Å²) >= 11 is 0. The summed E-state index contributed by atoms with van der Waals surface area (Å²) in [5, 5.41) is 16.7. The fraction of sp³-hybridized carbons (Fsp3) is 0.333. The molecule has 2 aromatic rings. The molecule has 1 N–H and O–H groups in total. The van der Waals surface area contributed by atoms with Gasteiger partial charge in [0.25, 0.3) is 5.89 Å². The van der Waals surface area contributed by atoms with Crippen LogP contribution in [-0.2, 0) is 5.41 Å². The molecule has 0 spiro atoms. The molecule has 0 amide bonds. The zero-order valence-electron chi connectivity index (χ0n) is 10.3. The summed E-state index contributed by atoms with van der Waals surface area (Å²) in [6.45, 7) is 5.85. The van der Waals surface area contributed by atoms with Crippen LogP contribution in [0.15, 0.2) is 22.6 Å². The van der Waals surface area contributed by atoms with Crippen molar-refractivity contribution in [1.29, 1.82) is 0 Å². The summed E-state index contributed by atoms with van der Waals surface area (Å²) in [6, 6.07) is 4.63. The number of aromatic nitrogens is 3. The van der Waals surface area contributed by atoms with E-state index in [0.29, 0.717) is 11.6 Å². The smallest absolute Gasteiger partial charge is 0.354 e. The lowest BCUT2D eigenvalue weighted by Crippen LogP contribution is -2.11. The molecule has 2 aromatic heterocycles. The maximum absolute atomic E-state index is 10.8. The van der Waals surface area contributed by atoms with Crippen LogP contribution in [0.4, 0.5) is 0 Å². The van der Waals surface area contributed by atoms with Crippen molar-refractivity contribution in [3.05, 3.63) is 29.8 Å². The fourth-order valence-corrected chi connectivity index (χ4v) is 1.30. The predicted molar refractivity (Wildman–Crippen MR) is 63.2 cm³/mol. The highest BCUT2D eigenvalue weighted by molar-refractivity contribution is 5.85. The quantitative estimate of drug-likeness (QED) is 0.874. The molecule has 0 aliphatic heterocycles. The van der Waals surface area contributed by atoms with Gasteiger partial charge in [-0.3, -0.25) is 0 Å². The third kappa shape index (κ3) is 2.37. The second-order valence-corrected chi connectivity index (χ2v) is 4.88. The summed E-state index contributed by atoms with van der Waals surface area (Å²) in [7, 11) is 0. The van der Waals surface area contributed by atoms with Crippen molar-refractivity contribution >= 4 is 5.97 Å². The molecule has 0 saturated heterocycles. The van der Waals surface area contributed by atoms with Gasteiger partial charge < -0.3 is 9.52 Å². The minimum Gasteiger partial charge on any atom is -0.477 e. The van der Waals surface area contributed by atoms with Crippen molar-refractivity contribution in [3.63, 3.8) is 0 Å². The molecule has 0 aliphatic rings. The zero-order chi connectivity index (χ0) is 13.3. The van der Waals surface area contributed by atoms with Gasteiger partial charge in [-0.1, -0.05) is 26.8 Å². The molecular weight excluding hydrogens is 234 g/mol. The van der Waals surface area contributed by atoms with Crippen molar-refractivity contribution in [2.24, 2.45) is 0 Å². The minimum absolute atomic E-state index is 0.0528. The molecule has 6 heteroatoms. The molecule has 0 atom stereocenters. The second kappa shape index (κ2) is 4.21. The first-order valence-corrected chi connectivity index (χ1v) is 5.42. The van der Waals surface area contributed by atoms with E-state index >= 15 is 0 Å². The first kappa shape index (κ1) is 12.2. The number of pyridine rings is 1. The Morgan fingerprint density at radius 3 is 2.56 bits per heavy atom. The van der Waals surface area contributed by atoms with Crippen LogP contribution in [0.5, 0.6) is 0 Å². The SMILES string of the molecule is CC(C)(C)c1nnc(-c2cccc(C(=O)O)n2)o1. The van der Waals surface area contributed by atoms with E-state index in [-0.39, 0.29) is 17.0 Å². The summed E-state index contributed by atoms with van der Waals surface area (Å²) in [4.78, 5) is 14.8. The summed E-state index contributed by atoms with van der Waals surface area (Å²) in [6.07, 6.45) is 0. The minimum atomic E-state index is -1.09. The topological polar surface area (TPSA) is 89.1 Å². The molecule has 0 bridgehead atoms. The summed E-state index contributed by atoms with van der Waals surface area (Å²) in [5.41, 5.74) is 0.0521. The lowest BCUT2D eigenvalue weighted by atomic mass is 9.97. The van der Waals surface area contributed by atoms with Crippen LogP contribution in [0.25, 0.3) is 11.6 Å². The second-order valence-electron chi connectivity index (χ2n) is 4.88. The third-order valence-corrected chi connectivity index (χ3v) is 2.25. The van der Waals surface area contributed by atoms with Gasteiger partial charge in [-0.25, -0.2) is 9.78 Å². The summed E-state index contributed by atoms with van der Waals surface area (Å²) < 4.78 is 5.49. The molecule has 2 rings (SSSR count). The largest absolute Gasteiger partial charge is 0.477 e. The highest BCUT2D eigenvalue weighted by atomic mass is 16.4. The molecule has 0 radical (unpaired) electrons. The zero-order valence-corrected chi connectivity index (χ0v) is 10.3. The van der Waals surface area contributed by atoms with Crippen molar-refractivity contribution in [2.75, 3.05) is 0 Å². The number of aromatic carboxylic acids is 1. The van der Waals surface area contributed by atoms with Crippen molar-refractivity contribution in [2.45, 2.75) is 26.2 Å². The monoisotopic (exact) mass is 247 g/mol. The van der Waals surface area contributed by atoms with Gasteiger partial charge in [-0.05, 0) is 12.1 Å². The highest BCUT2D eigenvalue weighted by Gasteiger charge is 2.22. The Bertz CT molecular complexity index is 584. The fourth-order valence-electron chi connectivity index (χ4n) is 1.30. The van der Waals surface area contributed by atoms with E-state index < -0.39 is 5.97 Å². The van der Waals surface area contributed by atoms with Crippen LogP contribution in [-0.4, -0.2) is 26.3 Å². The first-order valence-electron chi connectivity index (χ1n) is 5.42. The van der Waals surface area contributed by atoms with Gasteiger partial charge in [0.1, 0.15) is 11.4 Å². The average molecular weight is 247 g/mol. The van der Waals surface area contributed by atoms with Crippen molar-refractivity contribution in [3.8, 4) is 11.6 Å². The van der Waals surface area contributed by atoms with E-state index in [2.05, 4.69) is 15.2 Å². The van der Waals surface area contributed by atoms with Crippen LogP contribution in [0, 0.1) is 0 Å². The maximum atomic E-state index is 10.8. The Hall–Kier alpha value is -2.24. The highest BCUT2D eigenvalue weighted by Crippen LogP contribution is 2.24. The van der Waals surface area contributed by atoms with Crippen LogP contribution >= 0.6 is 0 Å². The van der Waals surface area contributed by atoms with Gasteiger partial charge in [-0.15, -0.1) is 10.2 Å². The van der Waals surface area contributed by atoms with Crippen LogP contribution in [0.1, 0.15) is 37.2 Å². The van der Waals surface area contributed by atoms with E-state index in [0.717, 1.165) is 0 Å². The molecule has 18 heavy (non-hydrogen) atoms. The molecule has 6 nitrogen and oxygen atoms in total. The summed E-state index contributed by atoms with van der Waals surface area (Å²) in [5.74, 6) is -0.379. The van der Waals surface area contributed by atoms with E-state index in [1.807, 2.05) is 20.8 Å². The van der Waals surface area contributed by atoms with Crippen molar-refractivity contribution < 1.29 is 14.3 Å². The lowest BCUT2D eigenvalue weighted by Gasteiger charge is -2.10. The maximum Gasteiger partial charge on any atom is 0.354 e. The van der Waals surface area contributed by atoms with Gasteiger partial charge in [0, 0.05) is 5.41 Å². The molecule has 0 fully saturated rings. The number of hydrogen-bond acceptors (Lipinski definition) is 5. The average Bonchev–Trinajstić information content (AvgIpc) is 2.78. The Morgan fingerprint density at radius 1 is 1.28 bits per heavy atom. The standard InChI is InChI=1S/C12H13N3O3/c1-12(2,3)11-15-14-9(18-11)7-5-4-6-8(13-7)10(16)17/h4-6H,1-3H3,(H,16,17). The predicted octanol–water partition coefficient (Wildman–Crippen LogP) is 2.13. The van der Waals surface area contributed by atoms with Gasteiger partial charge in [0.05, 0.1) is 0 Å². The number of hydrogen-bond donors (Lipinski definition) is 1. The Balaban J connectivity index is 2.40. The number of carboxylic acids is 1. The molecule has 2 heterocycles. The number of carbonyl (C=O) groups is 1. The first-order chi connectivity index (χ1) is 8.38. The van der Waals surface area contributed by atoms with E-state index in [4.69, 9.17) is 9.52 Å². The Labute approximate surface area is 104 Å². The van der Waals surface area contributed by atoms with Crippen LogP contribution in [0.2, 0.25) is 0 Å². The van der Waals surface area contributed by atoms with E-state index in [1.54, 1.807) is 12.1 Å². The third-order valence-electron chi connectivity index (χ3n) is 2.25. The molecule has 0 unspecified atom stereocenters. The Kier molecular flexibility index (Phi) is 2.86. The van der Waals surface area contributed by atoms with Gasteiger partial charge in [-0.2, -0.15) is 0 Å². The van der Waals surface area contributed by atoms with Crippen LogP contribution < -0.4 is 0 Å². The van der Waals surface area contributed by atoms with E-state index in [1.165, 1.54) is 6.07 Å². The number of carboxylic acid groups (broad SMARTS) is 1. The molecule has 0 saturated carbocycles. The van der Waals surface area contributed by atoms with Crippen LogP contribution in [0.3, 0.4) is 0 Å².